The minimum atomic E-state index is -0.130. The quantitative estimate of drug-likeness (QED) is 0.475. The lowest BCUT2D eigenvalue weighted by atomic mass is 10.1. The van der Waals surface area contributed by atoms with Gasteiger partial charge >= 0.3 is 0 Å². The van der Waals surface area contributed by atoms with Crippen LogP contribution in [0.25, 0.3) is 6.08 Å². The molecule has 0 aliphatic carbocycles. The highest BCUT2D eigenvalue weighted by molar-refractivity contribution is 6.07. The summed E-state index contributed by atoms with van der Waals surface area (Å²) < 4.78 is 21.6. The number of carbonyl (C=O) groups excluding carboxylic acids is 1. The minimum absolute atomic E-state index is 0.130. The van der Waals surface area contributed by atoms with Crippen molar-refractivity contribution in [1.29, 1.82) is 0 Å². The second-order valence-corrected chi connectivity index (χ2v) is 6.38. The summed E-state index contributed by atoms with van der Waals surface area (Å²) >= 11 is 0. The van der Waals surface area contributed by atoms with Crippen LogP contribution in [0.15, 0.2) is 42.5 Å². The zero-order chi connectivity index (χ0) is 19.8. The van der Waals surface area contributed by atoms with Crippen LogP contribution in [-0.2, 0) is 0 Å². The van der Waals surface area contributed by atoms with E-state index in [1.54, 1.807) is 38.5 Å². The van der Waals surface area contributed by atoms with Gasteiger partial charge in [0.15, 0.2) is 28.8 Å². The second-order valence-electron chi connectivity index (χ2n) is 6.38. The number of ketones is 1. The number of ether oxygens (including phenoxy) is 4. The summed E-state index contributed by atoms with van der Waals surface area (Å²) in [6, 6.07) is 10.7. The molecule has 0 aliphatic rings. The van der Waals surface area contributed by atoms with Crippen LogP contribution in [0.2, 0.25) is 0 Å². The Morgan fingerprint density at radius 1 is 0.889 bits per heavy atom. The lowest BCUT2D eigenvalue weighted by Crippen LogP contribution is -2.05. The van der Waals surface area contributed by atoms with Gasteiger partial charge < -0.3 is 18.9 Å². The van der Waals surface area contributed by atoms with E-state index in [1.165, 1.54) is 13.2 Å². The molecule has 0 heterocycles. The van der Waals surface area contributed by atoms with Gasteiger partial charge in [-0.05, 0) is 47.9 Å². The first-order chi connectivity index (χ1) is 13.0. The molecule has 2 aromatic carbocycles. The molecule has 0 aromatic heterocycles. The molecule has 5 heteroatoms. The van der Waals surface area contributed by atoms with E-state index in [0.717, 1.165) is 5.56 Å². The number of carbonyl (C=O) groups is 1. The number of benzene rings is 2. The average Bonchev–Trinajstić information content (AvgIpc) is 2.69. The molecule has 0 atom stereocenters. The van der Waals surface area contributed by atoms with E-state index in [9.17, 15) is 4.79 Å². The molecule has 2 rings (SSSR count). The topological polar surface area (TPSA) is 54.0 Å². The van der Waals surface area contributed by atoms with Gasteiger partial charge in [0.05, 0.1) is 27.9 Å². The molecule has 144 valence electrons. The van der Waals surface area contributed by atoms with Crippen LogP contribution >= 0.6 is 0 Å². The Bertz CT molecular complexity index is 808. The Balaban J connectivity index is 2.16. The Labute approximate surface area is 160 Å². The first-order valence-electron chi connectivity index (χ1n) is 8.73. The smallest absolute Gasteiger partial charge is 0.185 e. The second kappa shape index (κ2) is 9.67. The lowest BCUT2D eigenvalue weighted by molar-refractivity contribution is 0.104. The third-order valence-electron chi connectivity index (χ3n) is 3.86. The third-order valence-corrected chi connectivity index (χ3v) is 3.86. The van der Waals surface area contributed by atoms with E-state index in [0.29, 0.717) is 41.1 Å². The van der Waals surface area contributed by atoms with Crippen molar-refractivity contribution in [2.24, 2.45) is 5.92 Å². The van der Waals surface area contributed by atoms with E-state index in [-0.39, 0.29) is 5.78 Å². The van der Waals surface area contributed by atoms with E-state index in [2.05, 4.69) is 13.8 Å². The van der Waals surface area contributed by atoms with Crippen molar-refractivity contribution in [2.75, 3.05) is 27.9 Å². The van der Waals surface area contributed by atoms with Crippen molar-refractivity contribution in [1.82, 2.24) is 0 Å². The average molecular weight is 370 g/mol. The van der Waals surface area contributed by atoms with E-state index in [4.69, 9.17) is 18.9 Å². The predicted molar refractivity (Wildman–Crippen MR) is 106 cm³/mol. The molecule has 0 amide bonds. The molecule has 5 nitrogen and oxygen atoms in total. The van der Waals surface area contributed by atoms with Gasteiger partial charge in [0.25, 0.3) is 0 Å². The first-order valence-corrected chi connectivity index (χ1v) is 8.73. The molecule has 2 aromatic rings. The molecule has 27 heavy (non-hydrogen) atoms. The maximum Gasteiger partial charge on any atom is 0.185 e. The Morgan fingerprint density at radius 2 is 1.52 bits per heavy atom. The number of methoxy groups -OCH3 is 3. The van der Waals surface area contributed by atoms with E-state index in [1.807, 2.05) is 18.2 Å². The van der Waals surface area contributed by atoms with Gasteiger partial charge in [0, 0.05) is 5.56 Å². The molecule has 0 aliphatic heterocycles. The highest BCUT2D eigenvalue weighted by atomic mass is 16.5. The molecule has 0 saturated heterocycles. The maximum atomic E-state index is 12.4. The summed E-state index contributed by atoms with van der Waals surface area (Å²) in [5.41, 5.74) is 1.37. The van der Waals surface area contributed by atoms with Crippen molar-refractivity contribution in [3.63, 3.8) is 0 Å². The fourth-order valence-corrected chi connectivity index (χ4v) is 2.42. The Hall–Kier alpha value is -2.95. The largest absolute Gasteiger partial charge is 0.493 e. The zero-order valence-corrected chi connectivity index (χ0v) is 16.4. The molecule has 0 bridgehead atoms. The Morgan fingerprint density at radius 3 is 2.15 bits per heavy atom. The first kappa shape index (κ1) is 20.4. The standard InChI is InChI=1S/C22H26O5/c1-15(2)14-27-20-10-7-16(12-21(20)25-4)6-9-18(23)17-8-11-19(24-3)22(13-17)26-5/h6-13,15H,14H2,1-5H3/b9-6+. The third kappa shape index (κ3) is 5.51. The molecule has 0 N–H and O–H groups in total. The summed E-state index contributed by atoms with van der Waals surface area (Å²) in [5, 5.41) is 0. The normalized spacial score (nSPS) is 10.9. The van der Waals surface area contributed by atoms with Gasteiger partial charge in [0.1, 0.15) is 0 Å². The van der Waals surface area contributed by atoms with Crippen LogP contribution in [0.5, 0.6) is 23.0 Å². The van der Waals surface area contributed by atoms with Gasteiger partial charge in [-0.25, -0.2) is 0 Å². The van der Waals surface area contributed by atoms with Crippen molar-refractivity contribution in [3.05, 3.63) is 53.6 Å². The van der Waals surface area contributed by atoms with Crippen LogP contribution in [-0.4, -0.2) is 33.7 Å². The molecule has 0 saturated carbocycles. The van der Waals surface area contributed by atoms with E-state index < -0.39 is 0 Å². The van der Waals surface area contributed by atoms with Crippen molar-refractivity contribution in [3.8, 4) is 23.0 Å². The van der Waals surface area contributed by atoms with Crippen molar-refractivity contribution >= 4 is 11.9 Å². The SMILES string of the molecule is COc1ccc(C(=O)/C=C/c2ccc(OCC(C)C)c(OC)c2)cc1OC. The number of rotatable bonds is 9. The van der Waals surface area contributed by atoms with Crippen LogP contribution in [0.1, 0.15) is 29.8 Å². The van der Waals surface area contributed by atoms with Crippen molar-refractivity contribution < 1.29 is 23.7 Å². The highest BCUT2D eigenvalue weighted by Gasteiger charge is 2.09. The lowest BCUT2D eigenvalue weighted by Gasteiger charge is -2.12. The monoisotopic (exact) mass is 370 g/mol. The fraction of sp³-hybridized carbons (Fsp3) is 0.318. The van der Waals surface area contributed by atoms with Gasteiger partial charge in [-0.2, -0.15) is 0 Å². The Kier molecular flexibility index (Phi) is 7.29. The van der Waals surface area contributed by atoms with Gasteiger partial charge in [-0.1, -0.05) is 26.0 Å². The maximum absolute atomic E-state index is 12.4. The van der Waals surface area contributed by atoms with Crippen LogP contribution in [0, 0.1) is 5.92 Å². The van der Waals surface area contributed by atoms with Crippen LogP contribution in [0.3, 0.4) is 0 Å². The zero-order valence-electron chi connectivity index (χ0n) is 16.4. The molecular formula is C22H26O5. The molecule has 0 fully saturated rings. The van der Waals surface area contributed by atoms with E-state index >= 15 is 0 Å². The minimum Gasteiger partial charge on any atom is -0.493 e. The van der Waals surface area contributed by atoms with Gasteiger partial charge in [-0.3, -0.25) is 4.79 Å². The summed E-state index contributed by atoms with van der Waals surface area (Å²) in [7, 11) is 4.69. The highest BCUT2D eigenvalue weighted by Crippen LogP contribution is 2.30. The van der Waals surface area contributed by atoms with Gasteiger partial charge in [0.2, 0.25) is 0 Å². The van der Waals surface area contributed by atoms with Crippen LogP contribution < -0.4 is 18.9 Å². The molecule has 0 radical (unpaired) electrons. The molecular weight excluding hydrogens is 344 g/mol. The summed E-state index contributed by atoms with van der Waals surface area (Å²) in [6.45, 7) is 4.79. The summed E-state index contributed by atoms with van der Waals surface area (Å²) in [4.78, 5) is 12.4. The summed E-state index contributed by atoms with van der Waals surface area (Å²) in [5.74, 6) is 2.72. The predicted octanol–water partition coefficient (Wildman–Crippen LogP) is 4.64. The number of allylic oxidation sites excluding steroid dienone is 1. The van der Waals surface area contributed by atoms with Crippen molar-refractivity contribution in [2.45, 2.75) is 13.8 Å². The number of hydrogen-bond donors (Lipinski definition) is 0. The molecule has 0 spiro atoms. The summed E-state index contributed by atoms with van der Waals surface area (Å²) in [6.07, 6.45) is 3.26. The molecule has 0 unspecified atom stereocenters. The van der Waals surface area contributed by atoms with Gasteiger partial charge in [-0.15, -0.1) is 0 Å². The van der Waals surface area contributed by atoms with Crippen LogP contribution in [0.4, 0.5) is 0 Å². The number of hydrogen-bond acceptors (Lipinski definition) is 5. The fourth-order valence-electron chi connectivity index (χ4n) is 2.42.